The van der Waals surface area contributed by atoms with Gasteiger partial charge in [-0.15, -0.1) is 5.10 Å². The van der Waals surface area contributed by atoms with Crippen LogP contribution in [-0.2, 0) is 20.8 Å². The van der Waals surface area contributed by atoms with Crippen molar-refractivity contribution in [3.63, 3.8) is 0 Å². The number of nitrogens with one attached hydrogen (secondary N) is 1. The van der Waals surface area contributed by atoms with E-state index in [-0.39, 0.29) is 30.7 Å². The van der Waals surface area contributed by atoms with Crippen LogP contribution >= 0.6 is 0 Å². The Morgan fingerprint density at radius 2 is 1.55 bits per heavy atom. The van der Waals surface area contributed by atoms with Crippen LogP contribution in [0.25, 0.3) is 11.1 Å². The van der Waals surface area contributed by atoms with E-state index >= 15 is 0 Å². The van der Waals surface area contributed by atoms with Crippen LogP contribution in [0, 0.1) is 23.2 Å². The lowest BCUT2D eigenvalue weighted by atomic mass is 9.47. The second kappa shape index (κ2) is 11.9. The number of amides is 3. The van der Waals surface area contributed by atoms with Gasteiger partial charge in [-0.3, -0.25) is 14.4 Å². The molecule has 3 aromatic rings. The second-order valence-corrected chi connectivity index (χ2v) is 15.2. The normalized spacial score (nSPS) is 30.7. The van der Waals surface area contributed by atoms with E-state index in [4.69, 9.17) is 5.73 Å². The predicted molar refractivity (Wildman–Crippen MR) is 174 cm³/mol. The molecule has 6 fully saturated rings. The van der Waals surface area contributed by atoms with Gasteiger partial charge in [0.15, 0.2) is 0 Å². The van der Waals surface area contributed by atoms with Crippen LogP contribution in [0.3, 0.4) is 0 Å². The van der Waals surface area contributed by atoms with Crippen LogP contribution in [-0.4, -0.2) is 67.5 Å². The van der Waals surface area contributed by atoms with Crippen molar-refractivity contribution in [1.29, 1.82) is 0 Å². The van der Waals surface area contributed by atoms with Crippen LogP contribution in [0.15, 0.2) is 60.8 Å². The highest BCUT2D eigenvalue weighted by molar-refractivity contribution is 5.93. The highest BCUT2D eigenvalue weighted by Gasteiger charge is 2.58. The molecule has 2 heterocycles. The molecule has 5 aliphatic carbocycles. The molecule has 6 aliphatic rings. The van der Waals surface area contributed by atoms with Crippen molar-refractivity contribution in [2.24, 2.45) is 28.9 Å². The Morgan fingerprint density at radius 3 is 2.17 bits per heavy atom. The van der Waals surface area contributed by atoms with E-state index in [9.17, 15) is 19.5 Å². The summed E-state index contributed by atoms with van der Waals surface area (Å²) < 4.78 is 1.80. The van der Waals surface area contributed by atoms with Gasteiger partial charge in [-0.05, 0) is 85.8 Å². The average molecular weight is 637 g/mol. The van der Waals surface area contributed by atoms with E-state index in [0.717, 1.165) is 54.5 Å². The number of rotatable bonds is 10. The van der Waals surface area contributed by atoms with Gasteiger partial charge in [0, 0.05) is 36.9 Å². The third-order valence-corrected chi connectivity index (χ3v) is 11.7. The first-order valence-corrected chi connectivity index (χ1v) is 17.4. The molecule has 4 N–H and O–H groups in total. The molecule has 1 aromatic heterocycles. The summed E-state index contributed by atoms with van der Waals surface area (Å²) in [6.45, 7) is 0.0617. The number of carbonyl (C=O) groups excluding carboxylic acids is 3. The number of hydrogen-bond donors (Lipinski definition) is 3. The summed E-state index contributed by atoms with van der Waals surface area (Å²) in [5.41, 5.74) is 9.48. The lowest BCUT2D eigenvalue weighted by Crippen LogP contribution is -2.57. The largest absolute Gasteiger partial charge is 0.391 e. The topological polar surface area (TPSA) is 143 Å². The van der Waals surface area contributed by atoms with E-state index in [1.54, 1.807) is 9.58 Å². The Kier molecular flexibility index (Phi) is 7.66. The van der Waals surface area contributed by atoms with Crippen LogP contribution in [0.2, 0.25) is 0 Å². The van der Waals surface area contributed by atoms with Crippen molar-refractivity contribution >= 4 is 17.7 Å². The fraction of sp³-hybridized carbons (Fsp3) is 0.541. The zero-order chi connectivity index (χ0) is 32.3. The first-order valence-electron chi connectivity index (χ1n) is 17.4. The molecule has 246 valence electrons. The van der Waals surface area contributed by atoms with E-state index < -0.39 is 36.0 Å². The summed E-state index contributed by atoms with van der Waals surface area (Å²) in [6, 6.07) is 15.4. The molecule has 3 amide bonds. The van der Waals surface area contributed by atoms with Gasteiger partial charge in [0.25, 0.3) is 0 Å². The molecule has 47 heavy (non-hydrogen) atoms. The number of carbonyl (C=O) groups is 3. The molecule has 5 saturated carbocycles. The van der Waals surface area contributed by atoms with E-state index in [2.05, 4.69) is 15.6 Å². The van der Waals surface area contributed by atoms with Crippen LogP contribution in [0.5, 0.6) is 0 Å². The molecule has 2 aromatic carbocycles. The monoisotopic (exact) mass is 636 g/mol. The zero-order valence-corrected chi connectivity index (χ0v) is 26.7. The molecular weight excluding hydrogens is 592 g/mol. The third kappa shape index (κ3) is 5.85. The third-order valence-electron chi connectivity index (χ3n) is 11.7. The van der Waals surface area contributed by atoms with Gasteiger partial charge in [-0.25, -0.2) is 4.68 Å². The molecule has 4 bridgehead atoms. The highest BCUT2D eigenvalue weighted by Crippen LogP contribution is 2.64. The summed E-state index contributed by atoms with van der Waals surface area (Å²) in [4.78, 5) is 42.9. The standard InChI is InChI=1S/C37H44N6O4/c38-34(45)30(15-22-6-8-27(9-7-22)26-4-2-1-3-5-26)39-35(46)32-16-29(44)20-42(32)36(47)33(43-21-31(40-41-43)28-10-11-28)37-17-23-12-24(18-37)14-25(13-23)19-37/h1-9,21,23-25,28-30,32-33,44H,10-20H2,(H2,38,45)(H,39,46)/t23?,24?,25?,29-,30?,32+,33-,37?/m1/s1. The summed E-state index contributed by atoms with van der Waals surface area (Å²) >= 11 is 0. The Labute approximate surface area is 275 Å². The number of β-amino-alcohol motifs (C(OH)–C–C–N with tert-alkyl or cyclic N) is 1. The molecule has 0 spiro atoms. The smallest absolute Gasteiger partial charge is 0.248 e. The molecule has 0 radical (unpaired) electrons. The van der Waals surface area contributed by atoms with Crippen LogP contribution in [0.1, 0.15) is 81.0 Å². The lowest BCUT2D eigenvalue weighted by Gasteiger charge is -2.59. The molecule has 10 heteroatoms. The van der Waals surface area contributed by atoms with E-state index in [1.807, 2.05) is 60.8 Å². The Bertz CT molecular complexity index is 1620. The molecular formula is C37H44N6O4. The summed E-state index contributed by atoms with van der Waals surface area (Å²) in [6.07, 6.45) is 10.3. The van der Waals surface area contributed by atoms with Crippen molar-refractivity contribution in [3.8, 4) is 11.1 Å². The Hall–Kier alpha value is -4.05. The molecule has 1 unspecified atom stereocenters. The van der Waals surface area contributed by atoms with Crippen molar-refractivity contribution in [2.45, 2.75) is 94.4 Å². The van der Waals surface area contributed by atoms with Crippen LogP contribution in [0.4, 0.5) is 0 Å². The summed E-state index contributed by atoms with van der Waals surface area (Å²) in [7, 11) is 0. The number of aromatic nitrogens is 3. The van der Waals surface area contributed by atoms with Gasteiger partial charge in [-0.1, -0.05) is 59.8 Å². The second-order valence-electron chi connectivity index (χ2n) is 15.2. The summed E-state index contributed by atoms with van der Waals surface area (Å²) in [5.74, 6) is 0.953. The Balaban J connectivity index is 1.03. The zero-order valence-electron chi connectivity index (χ0n) is 26.7. The number of likely N-dealkylation sites (tertiary alicyclic amines) is 1. The minimum absolute atomic E-state index is 0.0617. The lowest BCUT2D eigenvalue weighted by molar-refractivity contribution is -0.154. The maximum absolute atomic E-state index is 14.8. The summed E-state index contributed by atoms with van der Waals surface area (Å²) in [5, 5.41) is 22.7. The maximum Gasteiger partial charge on any atom is 0.248 e. The number of primary amides is 1. The molecule has 1 saturated heterocycles. The molecule has 9 rings (SSSR count). The molecule has 1 aliphatic heterocycles. The number of aliphatic hydroxyl groups excluding tert-OH is 1. The van der Waals surface area contributed by atoms with Gasteiger partial charge in [0.05, 0.1) is 11.8 Å². The van der Waals surface area contributed by atoms with Crippen molar-refractivity contribution < 1.29 is 19.5 Å². The maximum atomic E-state index is 14.8. The van der Waals surface area contributed by atoms with Gasteiger partial charge in [0.2, 0.25) is 17.7 Å². The van der Waals surface area contributed by atoms with Crippen molar-refractivity contribution in [2.75, 3.05) is 6.54 Å². The van der Waals surface area contributed by atoms with Crippen molar-refractivity contribution in [1.82, 2.24) is 25.2 Å². The van der Waals surface area contributed by atoms with E-state index in [1.165, 1.54) is 19.3 Å². The minimum atomic E-state index is -0.963. The predicted octanol–water partition coefficient (Wildman–Crippen LogP) is 3.75. The average Bonchev–Trinajstić information content (AvgIpc) is 3.66. The number of nitrogens with two attached hydrogens (primary N) is 1. The van der Waals surface area contributed by atoms with Crippen molar-refractivity contribution in [3.05, 3.63) is 72.1 Å². The highest BCUT2D eigenvalue weighted by atomic mass is 16.3. The molecule has 10 nitrogen and oxygen atoms in total. The van der Waals surface area contributed by atoms with Crippen LogP contribution < -0.4 is 11.1 Å². The van der Waals surface area contributed by atoms with Gasteiger partial charge < -0.3 is 21.1 Å². The van der Waals surface area contributed by atoms with Gasteiger partial charge >= 0.3 is 0 Å². The number of aliphatic hydroxyl groups is 1. The first kappa shape index (κ1) is 30.3. The number of hydrogen-bond acceptors (Lipinski definition) is 6. The molecule has 4 atom stereocenters. The fourth-order valence-corrected chi connectivity index (χ4v) is 9.80. The fourth-order valence-electron chi connectivity index (χ4n) is 9.80. The van der Waals surface area contributed by atoms with Gasteiger partial charge in [0.1, 0.15) is 18.1 Å². The first-order chi connectivity index (χ1) is 22.7. The van der Waals surface area contributed by atoms with Gasteiger partial charge in [-0.2, -0.15) is 0 Å². The SMILES string of the molecule is NC(=O)C(Cc1ccc(-c2ccccc2)cc1)NC(=O)[C@@H]1C[C@@H](O)CN1C(=O)[C@@H](n1cc(C2CC2)nn1)C12CC3CC(CC(C3)C1)C2. The Morgan fingerprint density at radius 1 is 0.915 bits per heavy atom. The van der Waals surface area contributed by atoms with E-state index in [0.29, 0.717) is 23.7 Å². The number of benzene rings is 2. The minimum Gasteiger partial charge on any atom is -0.391 e. The quantitative estimate of drug-likeness (QED) is 0.309. The number of nitrogens with zero attached hydrogens (tertiary/aromatic N) is 4.